The first-order valence-corrected chi connectivity index (χ1v) is 4.48. The van der Waals surface area contributed by atoms with Crippen LogP contribution < -0.4 is 0 Å². The third kappa shape index (κ3) is 2.65. The molecule has 1 heterocycles. The van der Waals surface area contributed by atoms with Gasteiger partial charge in [-0.1, -0.05) is 16.1 Å². The van der Waals surface area contributed by atoms with Crippen LogP contribution in [0.2, 0.25) is 0 Å². The van der Waals surface area contributed by atoms with E-state index in [1.807, 2.05) is 0 Å². The van der Waals surface area contributed by atoms with Crippen molar-refractivity contribution in [3.63, 3.8) is 0 Å². The standard InChI is InChI=1S/C5H7N2OS.Y/c6-5-7-9(8)3-1-2-4-9;/h3H,1-2,4H2;/q-1;. The van der Waals surface area contributed by atoms with Gasteiger partial charge in [-0.15, -0.1) is 0 Å². The maximum absolute atomic E-state index is 11.1. The van der Waals surface area contributed by atoms with Crippen molar-refractivity contribution in [1.29, 1.82) is 5.26 Å². The molecule has 0 saturated carbocycles. The minimum atomic E-state index is -2.16. The number of nitrogens with zero attached hydrogens (tertiary/aromatic N) is 2. The molecular weight excluding hydrogens is 225 g/mol. The van der Waals surface area contributed by atoms with E-state index in [-0.39, 0.29) is 32.7 Å². The minimum absolute atomic E-state index is 0. The van der Waals surface area contributed by atoms with Gasteiger partial charge in [0, 0.05) is 38.5 Å². The summed E-state index contributed by atoms with van der Waals surface area (Å²) >= 11 is 0. The topological polar surface area (TPSA) is 53.2 Å². The summed E-state index contributed by atoms with van der Waals surface area (Å²) in [4.78, 5) is 0. The number of rotatable bonds is 0. The van der Waals surface area contributed by atoms with Gasteiger partial charge < -0.3 is 0 Å². The molecule has 1 radical (unpaired) electrons. The van der Waals surface area contributed by atoms with E-state index in [9.17, 15) is 4.21 Å². The molecule has 10 heavy (non-hydrogen) atoms. The Morgan fingerprint density at radius 2 is 2.40 bits per heavy atom. The van der Waals surface area contributed by atoms with Crippen molar-refractivity contribution in [3.05, 3.63) is 5.75 Å². The Hall–Kier alpha value is 0.544. The van der Waals surface area contributed by atoms with Gasteiger partial charge in [-0.05, 0) is 0 Å². The average molecular weight is 232 g/mol. The van der Waals surface area contributed by atoms with Gasteiger partial charge in [0.1, 0.15) is 0 Å². The Morgan fingerprint density at radius 3 is 2.80 bits per heavy atom. The molecule has 1 atom stereocenters. The minimum Gasteiger partial charge on any atom is -0.281 e. The molecule has 1 aliphatic rings. The molecule has 0 amide bonds. The summed E-state index contributed by atoms with van der Waals surface area (Å²) in [5.74, 6) is 2.22. The van der Waals surface area contributed by atoms with Crippen molar-refractivity contribution in [2.45, 2.75) is 12.8 Å². The van der Waals surface area contributed by atoms with Gasteiger partial charge in [0.15, 0.2) is 0 Å². The molecule has 0 aliphatic carbocycles. The van der Waals surface area contributed by atoms with Crippen LogP contribution in [0.5, 0.6) is 0 Å². The van der Waals surface area contributed by atoms with Gasteiger partial charge in [0.05, 0.1) is 0 Å². The van der Waals surface area contributed by atoms with Crippen LogP contribution in [0.4, 0.5) is 0 Å². The van der Waals surface area contributed by atoms with E-state index in [1.165, 1.54) is 0 Å². The van der Waals surface area contributed by atoms with E-state index >= 15 is 0 Å². The van der Waals surface area contributed by atoms with E-state index in [0.717, 1.165) is 12.8 Å². The maximum Gasteiger partial charge on any atom is 0.212 e. The van der Waals surface area contributed by atoms with Crippen LogP contribution in [0.3, 0.4) is 0 Å². The molecule has 0 aromatic heterocycles. The fraction of sp³-hybridized carbons (Fsp3) is 0.600. The van der Waals surface area contributed by atoms with Gasteiger partial charge in [-0.2, -0.15) is 16.0 Å². The molecular formula is C5H7N2OSY-. The van der Waals surface area contributed by atoms with Crippen LogP contribution in [0.25, 0.3) is 0 Å². The fourth-order valence-corrected chi connectivity index (χ4v) is 2.38. The van der Waals surface area contributed by atoms with Crippen LogP contribution in [0.1, 0.15) is 12.8 Å². The van der Waals surface area contributed by atoms with E-state index in [0.29, 0.717) is 5.75 Å². The summed E-state index contributed by atoms with van der Waals surface area (Å²) in [6.45, 7) is 0. The Balaban J connectivity index is 0.000000810. The first-order valence-electron chi connectivity index (χ1n) is 2.73. The molecule has 5 heteroatoms. The van der Waals surface area contributed by atoms with Gasteiger partial charge >= 0.3 is 0 Å². The Morgan fingerprint density at radius 1 is 1.70 bits per heavy atom. The zero-order valence-corrected chi connectivity index (χ0v) is 9.14. The monoisotopic (exact) mass is 232 g/mol. The van der Waals surface area contributed by atoms with Crippen LogP contribution in [0.15, 0.2) is 4.36 Å². The van der Waals surface area contributed by atoms with E-state index in [2.05, 4.69) is 4.36 Å². The molecule has 0 spiro atoms. The van der Waals surface area contributed by atoms with Crippen molar-refractivity contribution in [3.8, 4) is 6.19 Å². The number of hydrogen-bond acceptors (Lipinski definition) is 3. The summed E-state index contributed by atoms with van der Waals surface area (Å²) in [7, 11) is -2.16. The molecule has 53 valence electrons. The molecule has 1 aliphatic heterocycles. The van der Waals surface area contributed by atoms with Crippen LogP contribution in [0, 0.1) is 17.2 Å². The van der Waals surface area contributed by atoms with Gasteiger partial charge in [0.25, 0.3) is 0 Å². The smallest absolute Gasteiger partial charge is 0.212 e. The SMILES string of the molecule is N#CN=S1(=O)[CH-]CCC1.[Y]. The average Bonchev–Trinajstić information content (AvgIpc) is 2.16. The molecule has 0 aromatic rings. The summed E-state index contributed by atoms with van der Waals surface area (Å²) in [5.41, 5.74) is 0. The molecule has 1 unspecified atom stereocenters. The van der Waals surface area contributed by atoms with Gasteiger partial charge in [-0.3, -0.25) is 4.21 Å². The summed E-state index contributed by atoms with van der Waals surface area (Å²) in [6, 6.07) is 0. The zero-order chi connectivity index (χ0) is 6.74. The molecule has 0 bridgehead atoms. The van der Waals surface area contributed by atoms with Crippen molar-refractivity contribution >= 4 is 9.73 Å². The molecule has 1 rings (SSSR count). The largest absolute Gasteiger partial charge is 0.281 e. The third-order valence-electron chi connectivity index (χ3n) is 1.21. The normalized spacial score (nSPS) is 30.3. The van der Waals surface area contributed by atoms with Crippen LogP contribution >= 0.6 is 0 Å². The molecule has 1 saturated heterocycles. The van der Waals surface area contributed by atoms with E-state index in [1.54, 1.807) is 11.9 Å². The first kappa shape index (κ1) is 10.5. The molecule has 3 nitrogen and oxygen atoms in total. The maximum atomic E-state index is 11.1. The molecule has 1 fully saturated rings. The van der Waals surface area contributed by atoms with Crippen molar-refractivity contribution in [2.24, 2.45) is 4.36 Å². The van der Waals surface area contributed by atoms with Crippen LogP contribution in [-0.2, 0) is 42.4 Å². The Bertz CT molecular complexity index is 237. The number of hydrogen-bond donors (Lipinski definition) is 0. The predicted octanol–water partition coefficient (Wildman–Crippen LogP) is 0.889. The van der Waals surface area contributed by atoms with Gasteiger partial charge in [-0.25, -0.2) is 5.75 Å². The van der Waals surface area contributed by atoms with E-state index < -0.39 is 9.73 Å². The quantitative estimate of drug-likeness (QED) is 0.460. The van der Waals surface area contributed by atoms with Crippen molar-refractivity contribution < 1.29 is 36.9 Å². The van der Waals surface area contributed by atoms with Crippen molar-refractivity contribution in [1.82, 2.24) is 0 Å². The van der Waals surface area contributed by atoms with Crippen LogP contribution in [-0.4, -0.2) is 9.96 Å². The molecule has 0 aromatic carbocycles. The fourth-order valence-electron chi connectivity index (χ4n) is 0.793. The Kier molecular flexibility index (Phi) is 4.67. The third-order valence-corrected chi connectivity index (χ3v) is 3.24. The second-order valence-electron chi connectivity index (χ2n) is 1.89. The molecule has 0 N–H and O–H groups in total. The summed E-state index contributed by atoms with van der Waals surface area (Å²) in [6.07, 6.45) is 3.31. The zero-order valence-electron chi connectivity index (χ0n) is 5.49. The second kappa shape index (κ2) is 4.43. The van der Waals surface area contributed by atoms with Crippen molar-refractivity contribution in [2.75, 3.05) is 5.75 Å². The van der Waals surface area contributed by atoms with E-state index in [4.69, 9.17) is 5.26 Å². The predicted molar refractivity (Wildman–Crippen MR) is 34.6 cm³/mol. The summed E-state index contributed by atoms with van der Waals surface area (Å²) in [5, 5.41) is 8.08. The Labute approximate surface area is 86.2 Å². The van der Waals surface area contributed by atoms with Gasteiger partial charge in [0.2, 0.25) is 6.19 Å². The summed E-state index contributed by atoms with van der Waals surface area (Å²) < 4.78 is 14.5. The first-order chi connectivity index (χ1) is 4.27. The second-order valence-corrected chi connectivity index (χ2v) is 4.20. The number of nitriles is 1.